The van der Waals surface area contributed by atoms with Crippen LogP contribution < -0.4 is 5.32 Å². The number of rotatable bonds is 3. The van der Waals surface area contributed by atoms with Crippen molar-refractivity contribution in [2.24, 2.45) is 0 Å². The van der Waals surface area contributed by atoms with Crippen LogP contribution in [0.25, 0.3) is 0 Å². The summed E-state index contributed by atoms with van der Waals surface area (Å²) in [5.74, 6) is -0.613. The molecule has 0 saturated carbocycles. The lowest BCUT2D eigenvalue weighted by Gasteiger charge is -2.17. The van der Waals surface area contributed by atoms with E-state index in [9.17, 15) is 4.39 Å². The Kier molecular flexibility index (Phi) is 4.20. The van der Waals surface area contributed by atoms with Crippen LogP contribution >= 0.6 is 23.2 Å². The summed E-state index contributed by atoms with van der Waals surface area (Å²) in [5.41, 5.74) is 1.29. The summed E-state index contributed by atoms with van der Waals surface area (Å²) in [4.78, 5) is 0. The Morgan fingerprint density at radius 2 is 1.85 bits per heavy atom. The van der Waals surface area contributed by atoms with Gasteiger partial charge in [0.2, 0.25) is 0 Å². The maximum Gasteiger partial charge on any atom is 0.160 e. The Morgan fingerprint density at radius 1 is 1.25 bits per heavy atom. The first kappa shape index (κ1) is 15.1. The molecule has 0 fully saturated rings. The molecule has 1 heterocycles. The summed E-state index contributed by atoms with van der Waals surface area (Å²) in [6, 6.07) is 2.97. The van der Waals surface area contributed by atoms with E-state index < -0.39 is 5.82 Å². The maximum absolute atomic E-state index is 13.3. The topological polar surface area (TPSA) is 42.7 Å². The van der Waals surface area contributed by atoms with Crippen LogP contribution in [-0.4, -0.2) is 15.0 Å². The van der Waals surface area contributed by atoms with E-state index in [1.807, 2.05) is 27.0 Å². The van der Waals surface area contributed by atoms with Crippen LogP contribution in [0.1, 0.15) is 26.5 Å². The quantitative estimate of drug-likeness (QED) is 0.867. The van der Waals surface area contributed by atoms with Gasteiger partial charge in [-0.15, -0.1) is 5.10 Å². The summed E-state index contributed by atoms with van der Waals surface area (Å²) in [6.07, 6.45) is 1.86. The second-order valence-corrected chi connectivity index (χ2v) is 6.25. The molecule has 0 bridgehead atoms. The van der Waals surface area contributed by atoms with Crippen molar-refractivity contribution in [3.8, 4) is 0 Å². The van der Waals surface area contributed by atoms with Gasteiger partial charge in [-0.25, -0.2) is 9.07 Å². The molecule has 20 heavy (non-hydrogen) atoms. The first-order chi connectivity index (χ1) is 9.27. The van der Waals surface area contributed by atoms with Crippen molar-refractivity contribution in [1.29, 1.82) is 0 Å². The largest absolute Gasteiger partial charge is 0.379 e. The number of nitrogens with one attached hydrogen (secondary N) is 1. The molecule has 0 aliphatic heterocycles. The molecule has 0 aliphatic rings. The third-order valence-electron chi connectivity index (χ3n) is 2.69. The summed E-state index contributed by atoms with van der Waals surface area (Å²) < 4.78 is 15.1. The second kappa shape index (κ2) is 5.58. The van der Waals surface area contributed by atoms with Gasteiger partial charge in [0.1, 0.15) is 5.69 Å². The van der Waals surface area contributed by atoms with Gasteiger partial charge in [0.25, 0.3) is 0 Å². The summed E-state index contributed by atoms with van der Waals surface area (Å²) >= 11 is 11.5. The van der Waals surface area contributed by atoms with Crippen molar-refractivity contribution < 1.29 is 4.39 Å². The van der Waals surface area contributed by atoms with Crippen molar-refractivity contribution in [1.82, 2.24) is 15.0 Å². The minimum atomic E-state index is -0.613. The van der Waals surface area contributed by atoms with Gasteiger partial charge in [-0.3, -0.25) is 0 Å². The molecule has 108 valence electrons. The minimum Gasteiger partial charge on any atom is -0.379 e. The Morgan fingerprint density at radius 3 is 2.35 bits per heavy atom. The molecule has 2 aromatic rings. The van der Waals surface area contributed by atoms with E-state index in [2.05, 4.69) is 15.6 Å². The molecule has 0 amide bonds. The van der Waals surface area contributed by atoms with Crippen LogP contribution in [0.4, 0.5) is 10.1 Å². The fourth-order valence-electron chi connectivity index (χ4n) is 1.56. The van der Waals surface area contributed by atoms with Crippen LogP contribution in [0.15, 0.2) is 18.3 Å². The number of anilines is 1. The van der Waals surface area contributed by atoms with Gasteiger partial charge >= 0.3 is 0 Å². The molecule has 1 N–H and O–H groups in total. The summed E-state index contributed by atoms with van der Waals surface area (Å²) in [5, 5.41) is 11.2. The number of hydrogen-bond acceptors (Lipinski definition) is 3. The second-order valence-electron chi connectivity index (χ2n) is 5.43. The normalized spacial score (nSPS) is 11.7. The van der Waals surface area contributed by atoms with Crippen LogP contribution in [0.3, 0.4) is 0 Å². The Bertz CT molecular complexity index is 596. The van der Waals surface area contributed by atoms with Crippen molar-refractivity contribution >= 4 is 28.9 Å². The average molecular weight is 317 g/mol. The molecule has 4 nitrogen and oxygen atoms in total. The van der Waals surface area contributed by atoms with Crippen molar-refractivity contribution in [3.05, 3.63) is 39.9 Å². The predicted molar refractivity (Wildman–Crippen MR) is 78.8 cm³/mol. The molecule has 0 spiro atoms. The van der Waals surface area contributed by atoms with Gasteiger partial charge in [-0.2, -0.15) is 0 Å². The fraction of sp³-hybridized carbons (Fsp3) is 0.385. The molecule has 0 atom stereocenters. The third kappa shape index (κ3) is 3.41. The van der Waals surface area contributed by atoms with Gasteiger partial charge in [0.05, 0.1) is 28.3 Å². The highest BCUT2D eigenvalue weighted by Crippen LogP contribution is 2.27. The number of hydrogen-bond donors (Lipinski definition) is 1. The standard InChI is InChI=1S/C13H15Cl2FN4/c1-13(2,3)20-7-9(18-19-20)6-17-8-4-10(14)12(16)11(15)5-8/h4-5,7,17H,6H2,1-3H3. The number of benzene rings is 1. The first-order valence-electron chi connectivity index (χ1n) is 6.07. The lowest BCUT2D eigenvalue weighted by atomic mass is 10.1. The zero-order valence-electron chi connectivity index (χ0n) is 11.4. The zero-order valence-corrected chi connectivity index (χ0v) is 12.9. The molecule has 1 aromatic carbocycles. The molecule has 0 unspecified atom stereocenters. The molecule has 0 aliphatic carbocycles. The van der Waals surface area contributed by atoms with Crippen molar-refractivity contribution in [3.63, 3.8) is 0 Å². The number of nitrogens with zero attached hydrogens (tertiary/aromatic N) is 3. The minimum absolute atomic E-state index is 0.0154. The monoisotopic (exact) mass is 316 g/mol. The molecular formula is C13H15Cl2FN4. The molecule has 7 heteroatoms. The lowest BCUT2D eigenvalue weighted by Crippen LogP contribution is -2.22. The molecule has 0 radical (unpaired) electrons. The Hall–Kier alpha value is -1.33. The van der Waals surface area contributed by atoms with E-state index in [-0.39, 0.29) is 15.6 Å². The van der Waals surface area contributed by atoms with Gasteiger partial charge in [-0.05, 0) is 32.9 Å². The van der Waals surface area contributed by atoms with Crippen molar-refractivity contribution in [2.75, 3.05) is 5.32 Å². The Labute approximate surface area is 126 Å². The Balaban J connectivity index is 2.08. The highest BCUT2D eigenvalue weighted by Gasteiger charge is 2.15. The number of halogens is 3. The highest BCUT2D eigenvalue weighted by molar-refractivity contribution is 6.35. The van der Waals surface area contributed by atoms with Crippen LogP contribution in [-0.2, 0) is 12.1 Å². The molecule has 1 aromatic heterocycles. The molecule has 0 saturated heterocycles. The van der Waals surface area contributed by atoms with E-state index in [0.29, 0.717) is 12.2 Å². The van der Waals surface area contributed by atoms with E-state index in [4.69, 9.17) is 23.2 Å². The van der Waals surface area contributed by atoms with Crippen LogP contribution in [0.5, 0.6) is 0 Å². The maximum atomic E-state index is 13.3. The third-order valence-corrected chi connectivity index (χ3v) is 3.24. The predicted octanol–water partition coefficient (Wildman–Crippen LogP) is 4.09. The van der Waals surface area contributed by atoms with Gasteiger partial charge in [0.15, 0.2) is 5.82 Å². The van der Waals surface area contributed by atoms with Gasteiger partial charge in [0, 0.05) is 5.69 Å². The summed E-state index contributed by atoms with van der Waals surface area (Å²) in [7, 11) is 0. The lowest BCUT2D eigenvalue weighted by molar-refractivity contribution is 0.347. The molecular weight excluding hydrogens is 302 g/mol. The SMILES string of the molecule is CC(C)(C)n1cc(CNc2cc(Cl)c(F)c(Cl)c2)nn1. The molecule has 2 rings (SSSR count). The highest BCUT2D eigenvalue weighted by atomic mass is 35.5. The van der Waals surface area contributed by atoms with Crippen LogP contribution in [0.2, 0.25) is 10.0 Å². The van der Waals surface area contributed by atoms with E-state index >= 15 is 0 Å². The van der Waals surface area contributed by atoms with E-state index in [1.165, 1.54) is 12.1 Å². The van der Waals surface area contributed by atoms with Crippen molar-refractivity contribution in [2.45, 2.75) is 32.9 Å². The van der Waals surface area contributed by atoms with Gasteiger partial charge in [-0.1, -0.05) is 28.4 Å². The van der Waals surface area contributed by atoms with Gasteiger partial charge < -0.3 is 5.32 Å². The zero-order chi connectivity index (χ0) is 14.9. The fourth-order valence-corrected chi connectivity index (χ4v) is 2.04. The first-order valence-corrected chi connectivity index (χ1v) is 6.83. The van der Waals surface area contributed by atoms with E-state index in [0.717, 1.165) is 5.69 Å². The summed E-state index contributed by atoms with van der Waals surface area (Å²) in [6.45, 7) is 6.57. The van der Waals surface area contributed by atoms with E-state index in [1.54, 1.807) is 4.68 Å². The van der Waals surface area contributed by atoms with Crippen LogP contribution in [0, 0.1) is 5.82 Å². The average Bonchev–Trinajstić information content (AvgIpc) is 2.82. The smallest absolute Gasteiger partial charge is 0.160 e. The number of aromatic nitrogens is 3.